The van der Waals surface area contributed by atoms with Crippen molar-refractivity contribution < 1.29 is 14.1 Å². The summed E-state index contributed by atoms with van der Waals surface area (Å²) < 4.78 is 20.3. The Bertz CT molecular complexity index is 1180. The Kier molecular flexibility index (Phi) is 7.55. The predicted molar refractivity (Wildman–Crippen MR) is 136 cm³/mol. The largest absolute Gasteiger partial charge is 0.591 e. The van der Waals surface area contributed by atoms with Crippen LogP contribution in [0.5, 0.6) is 11.6 Å². The van der Waals surface area contributed by atoms with Crippen molar-refractivity contribution >= 4 is 23.0 Å². The van der Waals surface area contributed by atoms with Crippen molar-refractivity contribution in [2.45, 2.75) is 51.9 Å². The lowest BCUT2D eigenvalue weighted by molar-refractivity contribution is 0.0890. The minimum Gasteiger partial charge on any atom is -0.591 e. The number of carbonyl (C=O) groups excluding carboxylic acids is 1. The SMILES string of the molecule is Cc1cc(C)c(Oc2nc(C(C)(C)C)ccc2C(=O)NN(C)[S+]([O-])c2cccc(N)c2)c(C)c1. The van der Waals surface area contributed by atoms with E-state index >= 15 is 0 Å². The van der Waals surface area contributed by atoms with Gasteiger partial charge in [-0.15, -0.1) is 0 Å². The maximum Gasteiger partial charge on any atom is 0.274 e. The number of nitrogens with one attached hydrogen (secondary N) is 1. The Labute approximate surface area is 204 Å². The Balaban J connectivity index is 1.94. The number of rotatable bonds is 6. The van der Waals surface area contributed by atoms with Gasteiger partial charge in [0.05, 0.1) is 7.05 Å². The van der Waals surface area contributed by atoms with Gasteiger partial charge >= 0.3 is 0 Å². The Morgan fingerprint density at radius 3 is 2.32 bits per heavy atom. The van der Waals surface area contributed by atoms with Crippen LogP contribution in [0, 0.1) is 20.8 Å². The number of ether oxygens (including phenoxy) is 1. The summed E-state index contributed by atoms with van der Waals surface area (Å²) >= 11 is -1.65. The van der Waals surface area contributed by atoms with Crippen molar-refractivity contribution in [3.05, 3.63) is 76.5 Å². The van der Waals surface area contributed by atoms with Crippen molar-refractivity contribution in [3.63, 3.8) is 0 Å². The highest BCUT2D eigenvalue weighted by molar-refractivity contribution is 7.89. The lowest BCUT2D eigenvalue weighted by Gasteiger charge is -2.23. The molecule has 8 heteroatoms. The Hall–Kier alpha value is -3.07. The quantitative estimate of drug-likeness (QED) is 0.293. The fourth-order valence-electron chi connectivity index (χ4n) is 3.56. The van der Waals surface area contributed by atoms with Crippen molar-refractivity contribution in [2.24, 2.45) is 0 Å². The minimum atomic E-state index is -1.65. The number of anilines is 1. The highest BCUT2D eigenvalue weighted by atomic mass is 32.2. The average Bonchev–Trinajstić information content (AvgIpc) is 2.74. The number of aromatic nitrogens is 1. The summed E-state index contributed by atoms with van der Waals surface area (Å²) in [5, 5.41) is 0. The summed E-state index contributed by atoms with van der Waals surface area (Å²) in [6.45, 7) is 12.1. The van der Waals surface area contributed by atoms with Gasteiger partial charge in [0.1, 0.15) is 22.7 Å². The second kappa shape index (κ2) is 10.0. The number of nitrogens with two attached hydrogens (primary N) is 1. The van der Waals surface area contributed by atoms with Gasteiger partial charge in [0.15, 0.2) is 4.90 Å². The van der Waals surface area contributed by atoms with E-state index in [0.717, 1.165) is 22.4 Å². The fourth-order valence-corrected chi connectivity index (χ4v) is 4.47. The van der Waals surface area contributed by atoms with Crippen LogP contribution in [-0.4, -0.2) is 26.9 Å². The zero-order valence-corrected chi connectivity index (χ0v) is 21.5. The summed E-state index contributed by atoms with van der Waals surface area (Å²) in [6, 6.07) is 14.3. The first-order valence-corrected chi connectivity index (χ1v) is 12.1. The van der Waals surface area contributed by atoms with Crippen LogP contribution in [-0.2, 0) is 16.8 Å². The lowest BCUT2D eigenvalue weighted by Crippen LogP contribution is -2.43. The number of nitrogens with zero attached hydrogens (tertiary/aromatic N) is 2. The molecule has 3 aromatic rings. The van der Waals surface area contributed by atoms with Gasteiger partial charge in [0, 0.05) is 22.9 Å². The zero-order valence-electron chi connectivity index (χ0n) is 20.7. The molecule has 3 N–H and O–H groups in total. The number of hydrogen-bond acceptors (Lipinski definition) is 6. The van der Waals surface area contributed by atoms with E-state index in [9.17, 15) is 9.35 Å². The van der Waals surface area contributed by atoms with Gasteiger partial charge < -0.3 is 15.0 Å². The molecular weight excluding hydrogens is 448 g/mol. The van der Waals surface area contributed by atoms with Gasteiger partial charge in [-0.05, 0) is 60.6 Å². The third-order valence-corrected chi connectivity index (χ3v) is 6.49. The van der Waals surface area contributed by atoms with Gasteiger partial charge in [-0.2, -0.15) is 0 Å². The van der Waals surface area contributed by atoms with E-state index < -0.39 is 17.3 Å². The van der Waals surface area contributed by atoms with Crippen LogP contribution in [0.25, 0.3) is 0 Å². The molecule has 0 aliphatic carbocycles. The predicted octanol–water partition coefficient (Wildman–Crippen LogP) is 4.98. The summed E-state index contributed by atoms with van der Waals surface area (Å²) in [6.07, 6.45) is 0. The first-order valence-electron chi connectivity index (χ1n) is 11.0. The molecule has 1 unspecified atom stereocenters. The van der Waals surface area contributed by atoms with E-state index in [1.165, 1.54) is 11.5 Å². The smallest absolute Gasteiger partial charge is 0.274 e. The van der Waals surface area contributed by atoms with Crippen LogP contribution < -0.4 is 15.9 Å². The molecule has 7 nitrogen and oxygen atoms in total. The molecule has 0 aliphatic rings. The highest BCUT2D eigenvalue weighted by Gasteiger charge is 2.26. The van der Waals surface area contributed by atoms with Crippen LogP contribution in [0.1, 0.15) is 53.5 Å². The van der Waals surface area contributed by atoms with E-state index in [2.05, 4.69) is 5.43 Å². The van der Waals surface area contributed by atoms with E-state index in [4.69, 9.17) is 15.5 Å². The van der Waals surface area contributed by atoms with Crippen LogP contribution >= 0.6 is 0 Å². The van der Waals surface area contributed by atoms with Crippen LogP contribution in [0.4, 0.5) is 5.69 Å². The van der Waals surface area contributed by atoms with Crippen molar-refractivity contribution in [1.29, 1.82) is 0 Å². The first kappa shape index (κ1) is 25.6. The molecule has 1 aromatic heterocycles. The standard InChI is InChI=1S/C26H32N4O3S/c1-16-13-17(2)23(18(3)14-16)33-25-21(11-12-22(28-25)26(4,5)6)24(31)29-30(7)34(32)20-10-8-9-19(27)15-20/h8-15H,27H2,1-7H3,(H,29,31). The van der Waals surface area contributed by atoms with Crippen molar-refractivity contribution in [2.75, 3.05) is 12.8 Å². The number of nitrogen functional groups attached to an aromatic ring is 1. The van der Waals surface area contributed by atoms with Crippen molar-refractivity contribution in [3.8, 4) is 11.6 Å². The molecule has 0 saturated carbocycles. The minimum absolute atomic E-state index is 0.197. The second-order valence-corrected chi connectivity index (χ2v) is 10.9. The molecule has 0 fully saturated rings. The number of hydrogen-bond donors (Lipinski definition) is 2. The first-order chi connectivity index (χ1) is 15.9. The zero-order chi connectivity index (χ0) is 25.2. The third-order valence-electron chi connectivity index (χ3n) is 5.24. The van der Waals surface area contributed by atoms with E-state index in [1.54, 1.807) is 30.3 Å². The van der Waals surface area contributed by atoms with Gasteiger partial charge in [-0.1, -0.05) is 44.5 Å². The van der Waals surface area contributed by atoms with Gasteiger partial charge in [-0.3, -0.25) is 4.79 Å². The van der Waals surface area contributed by atoms with Gasteiger partial charge in [0.25, 0.3) is 5.91 Å². The molecule has 180 valence electrons. The average molecular weight is 481 g/mol. The topological polar surface area (TPSA) is 104 Å². The van der Waals surface area contributed by atoms with Gasteiger partial charge in [0.2, 0.25) is 5.88 Å². The van der Waals surface area contributed by atoms with Crippen LogP contribution in [0.15, 0.2) is 53.4 Å². The molecule has 0 saturated heterocycles. The Morgan fingerprint density at radius 2 is 1.74 bits per heavy atom. The molecule has 1 atom stereocenters. The normalized spacial score (nSPS) is 12.5. The molecule has 2 aromatic carbocycles. The lowest BCUT2D eigenvalue weighted by atomic mass is 9.91. The summed E-state index contributed by atoms with van der Waals surface area (Å²) in [4.78, 5) is 18.4. The molecule has 1 heterocycles. The third kappa shape index (κ3) is 5.88. The molecule has 0 radical (unpaired) electrons. The van der Waals surface area contributed by atoms with E-state index in [0.29, 0.717) is 16.3 Å². The van der Waals surface area contributed by atoms with E-state index in [1.807, 2.05) is 59.7 Å². The number of pyridine rings is 1. The van der Waals surface area contributed by atoms with Crippen LogP contribution in [0.3, 0.4) is 0 Å². The summed E-state index contributed by atoms with van der Waals surface area (Å²) in [7, 11) is 1.53. The molecule has 0 bridgehead atoms. The molecule has 0 spiro atoms. The molecule has 3 rings (SSSR count). The molecule has 0 aliphatic heterocycles. The number of hydrazine groups is 1. The summed E-state index contributed by atoms with van der Waals surface area (Å²) in [5.74, 6) is 0.378. The number of amides is 1. The summed E-state index contributed by atoms with van der Waals surface area (Å²) in [5.41, 5.74) is 12.8. The Morgan fingerprint density at radius 1 is 1.09 bits per heavy atom. The fraction of sp³-hybridized carbons (Fsp3) is 0.308. The van der Waals surface area contributed by atoms with Gasteiger partial charge in [-0.25, -0.2) is 10.4 Å². The maximum atomic E-state index is 13.2. The molecular formula is C26H32N4O3S. The van der Waals surface area contributed by atoms with Crippen LogP contribution in [0.2, 0.25) is 0 Å². The number of aryl methyl sites for hydroxylation is 3. The number of carbonyl (C=O) groups is 1. The second-order valence-electron chi connectivity index (χ2n) is 9.39. The maximum absolute atomic E-state index is 13.2. The highest BCUT2D eigenvalue weighted by Crippen LogP contribution is 2.33. The monoisotopic (exact) mass is 480 g/mol. The van der Waals surface area contributed by atoms with E-state index in [-0.39, 0.29) is 16.9 Å². The molecule has 1 amide bonds. The number of benzene rings is 2. The van der Waals surface area contributed by atoms with Crippen molar-refractivity contribution in [1.82, 2.24) is 14.8 Å². The molecule has 34 heavy (non-hydrogen) atoms.